The molecular formula is C13H22ClN3O2. The van der Waals surface area contributed by atoms with E-state index in [2.05, 4.69) is 31.2 Å². The normalized spacial score (nSPS) is 18.4. The highest BCUT2D eigenvalue weighted by molar-refractivity contribution is 6.31. The smallest absolute Gasteiger partial charge is 0.159 e. The molecule has 1 atom stereocenters. The van der Waals surface area contributed by atoms with E-state index in [9.17, 15) is 0 Å². The van der Waals surface area contributed by atoms with E-state index in [-0.39, 0.29) is 18.4 Å². The van der Waals surface area contributed by atoms with Crippen molar-refractivity contribution in [3.63, 3.8) is 0 Å². The number of halogens is 1. The molecule has 19 heavy (non-hydrogen) atoms. The molecule has 0 radical (unpaired) electrons. The molecule has 1 N–H and O–H groups in total. The summed E-state index contributed by atoms with van der Waals surface area (Å²) in [5.74, 6) is 0. The Labute approximate surface area is 119 Å². The lowest BCUT2D eigenvalue weighted by Gasteiger charge is -2.23. The molecule has 1 aliphatic rings. The van der Waals surface area contributed by atoms with Crippen LogP contribution in [-0.2, 0) is 9.47 Å². The molecule has 1 aromatic rings. The van der Waals surface area contributed by atoms with Crippen LogP contribution >= 0.6 is 11.6 Å². The van der Waals surface area contributed by atoms with Crippen LogP contribution < -0.4 is 5.32 Å². The number of ether oxygens (including phenoxy) is 2. The molecule has 1 unspecified atom stereocenters. The number of hydrogen-bond donors (Lipinski definition) is 1. The Balaban J connectivity index is 2.19. The van der Waals surface area contributed by atoms with Gasteiger partial charge in [0.2, 0.25) is 0 Å². The minimum Gasteiger partial charge on any atom is -0.350 e. The highest BCUT2D eigenvalue weighted by Crippen LogP contribution is 2.29. The fourth-order valence-electron chi connectivity index (χ4n) is 2.36. The average molecular weight is 288 g/mol. The Kier molecular flexibility index (Phi) is 5.21. The van der Waals surface area contributed by atoms with Crippen molar-refractivity contribution in [1.29, 1.82) is 0 Å². The Hall–Kier alpha value is -0.620. The van der Waals surface area contributed by atoms with Gasteiger partial charge >= 0.3 is 0 Å². The Bertz CT molecular complexity index is 403. The van der Waals surface area contributed by atoms with Crippen molar-refractivity contribution in [1.82, 2.24) is 15.1 Å². The van der Waals surface area contributed by atoms with Crippen molar-refractivity contribution < 1.29 is 9.47 Å². The molecule has 0 aliphatic carbocycles. The van der Waals surface area contributed by atoms with Gasteiger partial charge in [0.1, 0.15) is 0 Å². The zero-order valence-electron chi connectivity index (χ0n) is 11.7. The molecule has 0 aromatic carbocycles. The summed E-state index contributed by atoms with van der Waals surface area (Å²) >= 11 is 6.30. The summed E-state index contributed by atoms with van der Waals surface area (Å²) in [6.07, 6.45) is 2.29. The summed E-state index contributed by atoms with van der Waals surface area (Å²) in [4.78, 5) is 0. The molecule has 2 rings (SSSR count). The second kappa shape index (κ2) is 6.70. The van der Waals surface area contributed by atoms with Crippen LogP contribution in [0, 0.1) is 0 Å². The molecule has 1 fully saturated rings. The lowest BCUT2D eigenvalue weighted by Crippen LogP contribution is -2.28. The van der Waals surface area contributed by atoms with Gasteiger partial charge in [-0.2, -0.15) is 5.10 Å². The van der Waals surface area contributed by atoms with Crippen LogP contribution in [0.25, 0.3) is 0 Å². The molecule has 2 heterocycles. The van der Waals surface area contributed by atoms with Gasteiger partial charge in [-0.05, 0) is 20.4 Å². The van der Waals surface area contributed by atoms with Gasteiger partial charge in [-0.25, -0.2) is 0 Å². The van der Waals surface area contributed by atoms with Crippen LogP contribution in [0.5, 0.6) is 0 Å². The fraction of sp³-hybridized carbons (Fsp3) is 0.769. The summed E-state index contributed by atoms with van der Waals surface area (Å²) in [6.45, 7) is 8.46. The molecule has 108 valence electrons. The molecule has 1 aliphatic heterocycles. The summed E-state index contributed by atoms with van der Waals surface area (Å²) in [5.41, 5.74) is 1.01. The SMILES string of the molecule is CCNC(CC1OCCO1)c1c(Cl)cnn1C(C)C. The standard InChI is InChI=1S/C13H22ClN3O2/c1-4-15-11(7-12-18-5-6-19-12)13-10(14)8-16-17(13)9(2)3/h8-9,11-12,15H,4-7H2,1-3H3. The molecule has 5 nitrogen and oxygen atoms in total. The van der Waals surface area contributed by atoms with Gasteiger partial charge in [0.05, 0.1) is 36.2 Å². The second-order valence-electron chi connectivity index (χ2n) is 4.93. The van der Waals surface area contributed by atoms with Gasteiger partial charge < -0.3 is 14.8 Å². The third-order valence-corrected chi connectivity index (χ3v) is 3.47. The third kappa shape index (κ3) is 3.48. The van der Waals surface area contributed by atoms with Gasteiger partial charge in [-0.1, -0.05) is 18.5 Å². The van der Waals surface area contributed by atoms with E-state index in [0.29, 0.717) is 18.2 Å². The predicted molar refractivity (Wildman–Crippen MR) is 74.3 cm³/mol. The average Bonchev–Trinajstić information content (AvgIpc) is 2.97. The van der Waals surface area contributed by atoms with E-state index in [1.165, 1.54) is 0 Å². The van der Waals surface area contributed by atoms with E-state index in [0.717, 1.165) is 18.7 Å². The Morgan fingerprint density at radius 3 is 2.74 bits per heavy atom. The van der Waals surface area contributed by atoms with E-state index < -0.39 is 0 Å². The maximum absolute atomic E-state index is 6.30. The predicted octanol–water partition coefficient (Wildman–Crippen LogP) is 2.53. The first kappa shape index (κ1) is 14.8. The number of hydrogen-bond acceptors (Lipinski definition) is 4. The number of nitrogens with zero attached hydrogens (tertiary/aromatic N) is 2. The van der Waals surface area contributed by atoms with Crippen molar-refractivity contribution in [2.24, 2.45) is 0 Å². The van der Waals surface area contributed by atoms with Crippen molar-refractivity contribution in [2.75, 3.05) is 19.8 Å². The van der Waals surface area contributed by atoms with Crippen molar-refractivity contribution >= 4 is 11.6 Å². The van der Waals surface area contributed by atoms with Crippen LogP contribution in [0.1, 0.15) is 45.0 Å². The third-order valence-electron chi connectivity index (χ3n) is 3.18. The molecule has 0 saturated carbocycles. The molecule has 1 saturated heterocycles. The largest absolute Gasteiger partial charge is 0.350 e. The summed E-state index contributed by atoms with van der Waals surface area (Å²) < 4.78 is 13.0. The van der Waals surface area contributed by atoms with Gasteiger partial charge in [0.25, 0.3) is 0 Å². The van der Waals surface area contributed by atoms with Gasteiger partial charge in [0, 0.05) is 12.5 Å². The number of rotatable bonds is 6. The van der Waals surface area contributed by atoms with E-state index in [4.69, 9.17) is 21.1 Å². The van der Waals surface area contributed by atoms with Gasteiger partial charge in [-0.3, -0.25) is 4.68 Å². The van der Waals surface area contributed by atoms with Crippen LogP contribution in [0.2, 0.25) is 5.02 Å². The lowest BCUT2D eigenvalue weighted by molar-refractivity contribution is -0.0534. The highest BCUT2D eigenvalue weighted by atomic mass is 35.5. The van der Waals surface area contributed by atoms with E-state index >= 15 is 0 Å². The first-order valence-corrected chi connectivity index (χ1v) is 7.20. The first-order chi connectivity index (χ1) is 9.13. The highest BCUT2D eigenvalue weighted by Gasteiger charge is 2.27. The quantitative estimate of drug-likeness (QED) is 0.873. The lowest BCUT2D eigenvalue weighted by atomic mass is 10.1. The fourth-order valence-corrected chi connectivity index (χ4v) is 2.62. The second-order valence-corrected chi connectivity index (χ2v) is 5.34. The van der Waals surface area contributed by atoms with Gasteiger partial charge in [0.15, 0.2) is 6.29 Å². The number of nitrogens with one attached hydrogen (secondary N) is 1. The zero-order chi connectivity index (χ0) is 13.8. The molecular weight excluding hydrogens is 266 g/mol. The maximum Gasteiger partial charge on any atom is 0.159 e. The van der Waals surface area contributed by atoms with Crippen molar-refractivity contribution in [2.45, 2.75) is 45.6 Å². The van der Waals surface area contributed by atoms with Crippen LogP contribution in [0.4, 0.5) is 0 Å². The molecule has 0 amide bonds. The van der Waals surface area contributed by atoms with Crippen molar-refractivity contribution in [3.05, 3.63) is 16.9 Å². The Morgan fingerprint density at radius 2 is 2.16 bits per heavy atom. The summed E-state index contributed by atoms with van der Waals surface area (Å²) in [7, 11) is 0. The first-order valence-electron chi connectivity index (χ1n) is 6.83. The molecule has 0 bridgehead atoms. The monoisotopic (exact) mass is 287 g/mol. The van der Waals surface area contributed by atoms with Crippen molar-refractivity contribution in [3.8, 4) is 0 Å². The van der Waals surface area contributed by atoms with Crippen LogP contribution in [0.3, 0.4) is 0 Å². The van der Waals surface area contributed by atoms with Crippen LogP contribution in [0.15, 0.2) is 6.20 Å². The summed E-state index contributed by atoms with van der Waals surface area (Å²) in [5, 5.41) is 8.49. The Morgan fingerprint density at radius 1 is 1.47 bits per heavy atom. The minimum atomic E-state index is -0.157. The zero-order valence-corrected chi connectivity index (χ0v) is 12.5. The molecule has 1 aromatic heterocycles. The van der Waals surface area contributed by atoms with Gasteiger partial charge in [-0.15, -0.1) is 0 Å². The minimum absolute atomic E-state index is 0.0884. The van der Waals surface area contributed by atoms with Crippen LogP contribution in [-0.4, -0.2) is 35.8 Å². The molecule has 0 spiro atoms. The van der Waals surface area contributed by atoms with E-state index in [1.54, 1.807) is 6.20 Å². The maximum atomic E-state index is 6.30. The number of aromatic nitrogens is 2. The molecule has 6 heteroatoms. The topological polar surface area (TPSA) is 48.3 Å². The van der Waals surface area contributed by atoms with E-state index in [1.807, 2.05) is 4.68 Å². The summed E-state index contributed by atoms with van der Waals surface area (Å²) in [6, 6.07) is 0.361.